The standard InChI is InChI=1S/C30H29ClN2O4S/c1-22-10-16-27(17-11-22)38(35,36)33(21-24-12-14-25(31)15-13-24)29-9-4-3-8-28(29)30(34)32-18-19-37-26-7-5-6-23(2)20-26/h3-17,20H,18-19,21H2,1-2H3,(H,32,34). The Hall–Kier alpha value is -3.81. The van der Waals surface area contributed by atoms with Crippen molar-refractivity contribution in [2.45, 2.75) is 25.3 Å². The number of hydrogen-bond acceptors (Lipinski definition) is 4. The fraction of sp³-hybridized carbons (Fsp3) is 0.167. The molecule has 1 N–H and O–H groups in total. The molecule has 38 heavy (non-hydrogen) atoms. The maximum Gasteiger partial charge on any atom is 0.264 e. The minimum absolute atomic E-state index is 0.0220. The van der Waals surface area contributed by atoms with Crippen molar-refractivity contribution >= 4 is 33.2 Å². The number of anilines is 1. The highest BCUT2D eigenvalue weighted by Crippen LogP contribution is 2.30. The van der Waals surface area contributed by atoms with E-state index in [1.54, 1.807) is 72.8 Å². The van der Waals surface area contributed by atoms with Crippen molar-refractivity contribution in [1.29, 1.82) is 0 Å². The monoisotopic (exact) mass is 548 g/mol. The minimum atomic E-state index is -4.00. The summed E-state index contributed by atoms with van der Waals surface area (Å²) in [6.07, 6.45) is 0. The van der Waals surface area contributed by atoms with Crippen molar-refractivity contribution in [3.8, 4) is 5.75 Å². The zero-order valence-electron chi connectivity index (χ0n) is 21.2. The van der Waals surface area contributed by atoms with Crippen LogP contribution in [0.2, 0.25) is 5.02 Å². The molecule has 0 heterocycles. The highest BCUT2D eigenvalue weighted by atomic mass is 35.5. The Morgan fingerprint density at radius 2 is 1.58 bits per heavy atom. The van der Waals surface area contributed by atoms with Crippen LogP contribution >= 0.6 is 11.6 Å². The van der Waals surface area contributed by atoms with Gasteiger partial charge in [-0.25, -0.2) is 8.42 Å². The topological polar surface area (TPSA) is 75.7 Å². The fourth-order valence-electron chi connectivity index (χ4n) is 3.91. The van der Waals surface area contributed by atoms with Gasteiger partial charge in [-0.15, -0.1) is 0 Å². The highest BCUT2D eigenvalue weighted by Gasteiger charge is 2.28. The lowest BCUT2D eigenvalue weighted by atomic mass is 10.1. The molecule has 0 saturated carbocycles. The molecule has 0 aliphatic rings. The predicted octanol–water partition coefficient (Wildman–Crippen LogP) is 6.16. The molecule has 0 aromatic heterocycles. The second kappa shape index (κ2) is 12.2. The minimum Gasteiger partial charge on any atom is -0.492 e. The Bertz CT molecular complexity index is 1500. The van der Waals surface area contributed by atoms with Gasteiger partial charge in [0.15, 0.2) is 0 Å². The van der Waals surface area contributed by atoms with Gasteiger partial charge in [0.05, 0.1) is 29.2 Å². The quantitative estimate of drug-likeness (QED) is 0.241. The summed E-state index contributed by atoms with van der Waals surface area (Å²) in [5.74, 6) is 0.326. The second-order valence-electron chi connectivity index (χ2n) is 8.89. The first-order valence-corrected chi connectivity index (χ1v) is 14.0. The SMILES string of the molecule is Cc1ccc(S(=O)(=O)N(Cc2ccc(Cl)cc2)c2ccccc2C(=O)NCCOc2cccc(C)c2)cc1. The summed E-state index contributed by atoms with van der Waals surface area (Å²) >= 11 is 6.04. The van der Waals surface area contributed by atoms with Crippen LogP contribution in [0.4, 0.5) is 5.69 Å². The fourth-order valence-corrected chi connectivity index (χ4v) is 5.51. The zero-order valence-corrected chi connectivity index (χ0v) is 22.8. The number of halogens is 1. The van der Waals surface area contributed by atoms with E-state index in [-0.39, 0.29) is 35.8 Å². The Balaban J connectivity index is 1.60. The highest BCUT2D eigenvalue weighted by molar-refractivity contribution is 7.92. The maximum atomic E-state index is 13.9. The third kappa shape index (κ3) is 6.73. The molecule has 0 fully saturated rings. The molecule has 4 aromatic rings. The van der Waals surface area contributed by atoms with E-state index in [0.29, 0.717) is 5.02 Å². The Kier molecular flexibility index (Phi) is 8.71. The summed E-state index contributed by atoms with van der Waals surface area (Å²) in [6, 6.07) is 27.9. The molecule has 6 nitrogen and oxygen atoms in total. The van der Waals surface area contributed by atoms with Gasteiger partial charge in [-0.3, -0.25) is 9.10 Å². The summed E-state index contributed by atoms with van der Waals surface area (Å²) in [5, 5.41) is 3.40. The van der Waals surface area contributed by atoms with E-state index in [2.05, 4.69) is 5.32 Å². The first kappa shape index (κ1) is 27.2. The van der Waals surface area contributed by atoms with Gasteiger partial charge in [0.2, 0.25) is 0 Å². The molecule has 0 bridgehead atoms. The van der Waals surface area contributed by atoms with E-state index < -0.39 is 15.9 Å². The lowest BCUT2D eigenvalue weighted by molar-refractivity contribution is 0.0947. The van der Waals surface area contributed by atoms with Crippen molar-refractivity contribution in [1.82, 2.24) is 5.32 Å². The molecule has 0 aliphatic carbocycles. The van der Waals surface area contributed by atoms with E-state index in [1.807, 2.05) is 38.1 Å². The number of sulfonamides is 1. The van der Waals surface area contributed by atoms with Gasteiger partial charge in [-0.05, 0) is 73.5 Å². The number of para-hydroxylation sites is 1. The Labute approximate surface area is 228 Å². The molecule has 196 valence electrons. The molecular formula is C30H29ClN2O4S. The number of carbonyl (C=O) groups excluding carboxylic acids is 1. The molecule has 4 rings (SSSR count). The number of benzene rings is 4. The lowest BCUT2D eigenvalue weighted by Crippen LogP contribution is -2.34. The van der Waals surface area contributed by atoms with E-state index in [4.69, 9.17) is 16.3 Å². The molecular weight excluding hydrogens is 520 g/mol. The summed E-state index contributed by atoms with van der Waals surface area (Å²) in [4.78, 5) is 13.4. The number of aryl methyl sites for hydroxylation is 2. The number of carbonyl (C=O) groups is 1. The Morgan fingerprint density at radius 1 is 0.868 bits per heavy atom. The van der Waals surface area contributed by atoms with Gasteiger partial charge in [0, 0.05) is 5.02 Å². The van der Waals surface area contributed by atoms with Crippen LogP contribution in [-0.4, -0.2) is 27.5 Å². The third-order valence-electron chi connectivity index (χ3n) is 5.91. The van der Waals surface area contributed by atoms with Crippen LogP contribution in [-0.2, 0) is 16.6 Å². The van der Waals surface area contributed by atoms with Crippen LogP contribution in [0.25, 0.3) is 0 Å². The smallest absolute Gasteiger partial charge is 0.264 e. The molecule has 0 spiro atoms. The van der Waals surface area contributed by atoms with Crippen molar-refractivity contribution in [2.75, 3.05) is 17.5 Å². The van der Waals surface area contributed by atoms with Crippen LogP contribution in [0.1, 0.15) is 27.0 Å². The van der Waals surface area contributed by atoms with Gasteiger partial charge >= 0.3 is 0 Å². The number of ether oxygens (including phenoxy) is 1. The lowest BCUT2D eigenvalue weighted by Gasteiger charge is -2.27. The van der Waals surface area contributed by atoms with Gasteiger partial charge in [-0.2, -0.15) is 0 Å². The first-order valence-electron chi connectivity index (χ1n) is 12.1. The van der Waals surface area contributed by atoms with Crippen molar-refractivity contribution in [3.63, 3.8) is 0 Å². The van der Waals surface area contributed by atoms with Crippen LogP contribution in [0.15, 0.2) is 102 Å². The van der Waals surface area contributed by atoms with Crippen LogP contribution < -0.4 is 14.4 Å². The molecule has 0 radical (unpaired) electrons. The molecule has 1 amide bonds. The molecule has 8 heteroatoms. The van der Waals surface area contributed by atoms with E-state index in [0.717, 1.165) is 22.4 Å². The number of nitrogens with zero attached hydrogens (tertiary/aromatic N) is 1. The van der Waals surface area contributed by atoms with Gasteiger partial charge in [-0.1, -0.05) is 65.7 Å². The molecule has 0 saturated heterocycles. The van der Waals surface area contributed by atoms with Gasteiger partial charge in [0.1, 0.15) is 12.4 Å². The summed E-state index contributed by atoms with van der Waals surface area (Å²) in [5.41, 5.74) is 3.27. The number of nitrogens with one attached hydrogen (secondary N) is 1. The molecule has 0 atom stereocenters. The van der Waals surface area contributed by atoms with Crippen molar-refractivity contribution in [2.24, 2.45) is 0 Å². The third-order valence-corrected chi connectivity index (χ3v) is 7.94. The maximum absolute atomic E-state index is 13.9. The summed E-state index contributed by atoms with van der Waals surface area (Å²) in [6.45, 7) is 4.42. The number of rotatable bonds is 10. The average molecular weight is 549 g/mol. The number of amides is 1. The van der Waals surface area contributed by atoms with Crippen LogP contribution in [0, 0.1) is 13.8 Å². The van der Waals surface area contributed by atoms with Crippen molar-refractivity contribution < 1.29 is 17.9 Å². The van der Waals surface area contributed by atoms with Gasteiger partial charge < -0.3 is 10.1 Å². The summed E-state index contributed by atoms with van der Waals surface area (Å²) in [7, 11) is -4.00. The van der Waals surface area contributed by atoms with E-state index in [9.17, 15) is 13.2 Å². The second-order valence-corrected chi connectivity index (χ2v) is 11.2. The summed E-state index contributed by atoms with van der Waals surface area (Å²) < 4.78 is 34.8. The largest absolute Gasteiger partial charge is 0.492 e. The van der Waals surface area contributed by atoms with Crippen LogP contribution in [0.5, 0.6) is 5.75 Å². The first-order chi connectivity index (χ1) is 18.2. The van der Waals surface area contributed by atoms with E-state index in [1.165, 1.54) is 4.31 Å². The average Bonchev–Trinajstić information content (AvgIpc) is 2.91. The predicted molar refractivity (Wildman–Crippen MR) is 151 cm³/mol. The zero-order chi connectivity index (χ0) is 27.1. The molecule has 0 aliphatic heterocycles. The Morgan fingerprint density at radius 3 is 2.29 bits per heavy atom. The normalized spacial score (nSPS) is 11.1. The van der Waals surface area contributed by atoms with E-state index >= 15 is 0 Å². The molecule has 0 unspecified atom stereocenters. The number of hydrogen-bond donors (Lipinski definition) is 1. The van der Waals surface area contributed by atoms with Gasteiger partial charge in [0.25, 0.3) is 15.9 Å². The molecule has 4 aromatic carbocycles. The van der Waals surface area contributed by atoms with Crippen LogP contribution in [0.3, 0.4) is 0 Å². The van der Waals surface area contributed by atoms with Crippen molar-refractivity contribution in [3.05, 3.63) is 124 Å².